The average Bonchev–Trinajstić information content (AvgIpc) is 3.50. The first-order chi connectivity index (χ1) is 16.8. The first-order valence-corrected chi connectivity index (χ1v) is 12.2. The van der Waals surface area contributed by atoms with Crippen LogP contribution in [-0.4, -0.2) is 20.5 Å². The lowest BCUT2D eigenvalue weighted by atomic mass is 10.2. The van der Waals surface area contributed by atoms with Gasteiger partial charge in [-0.15, -0.1) is 11.3 Å². The van der Waals surface area contributed by atoms with Gasteiger partial charge in [-0.3, -0.25) is 4.79 Å². The SMILES string of the molecule is O=C(Nc1ccccc1Sc1ccc(Cl)cc1)c1cc2nc(-c3cccs3)cc(C(F)(F)F)n2n1. The van der Waals surface area contributed by atoms with Crippen molar-refractivity contribution < 1.29 is 18.0 Å². The van der Waals surface area contributed by atoms with Crippen molar-refractivity contribution in [3.63, 3.8) is 0 Å². The molecule has 0 spiro atoms. The number of anilines is 1. The molecule has 11 heteroatoms. The second-order valence-electron chi connectivity index (χ2n) is 7.31. The van der Waals surface area contributed by atoms with Crippen molar-refractivity contribution in [2.24, 2.45) is 0 Å². The first-order valence-electron chi connectivity index (χ1n) is 10.1. The molecule has 5 rings (SSSR count). The highest BCUT2D eigenvalue weighted by Crippen LogP contribution is 2.35. The van der Waals surface area contributed by atoms with Crippen molar-refractivity contribution in [3.05, 3.63) is 94.6 Å². The van der Waals surface area contributed by atoms with E-state index in [1.54, 1.807) is 41.8 Å². The third-order valence-corrected chi connectivity index (χ3v) is 7.13. The zero-order valence-corrected chi connectivity index (χ0v) is 20.0. The molecule has 0 aliphatic carbocycles. The fourth-order valence-corrected chi connectivity index (χ4v) is 5.03. The van der Waals surface area contributed by atoms with Gasteiger partial charge in [0.25, 0.3) is 5.91 Å². The number of rotatable bonds is 5. The minimum absolute atomic E-state index is 0.0720. The maximum absolute atomic E-state index is 13.8. The maximum atomic E-state index is 13.8. The monoisotopic (exact) mass is 530 g/mol. The molecule has 176 valence electrons. The van der Waals surface area contributed by atoms with E-state index in [-0.39, 0.29) is 17.0 Å². The van der Waals surface area contributed by atoms with Gasteiger partial charge in [-0.1, -0.05) is 41.6 Å². The third kappa shape index (κ3) is 5.04. The summed E-state index contributed by atoms with van der Waals surface area (Å²) in [6.07, 6.45) is -4.69. The minimum atomic E-state index is -4.69. The molecule has 0 atom stereocenters. The lowest BCUT2D eigenvalue weighted by Crippen LogP contribution is -2.16. The summed E-state index contributed by atoms with van der Waals surface area (Å²) in [5, 5.41) is 9.04. The fraction of sp³-hybridized carbons (Fsp3) is 0.0417. The van der Waals surface area contributed by atoms with Crippen molar-refractivity contribution in [3.8, 4) is 10.6 Å². The number of halogens is 4. The zero-order chi connectivity index (χ0) is 24.6. The number of carbonyl (C=O) groups excluding carboxylic acids is 1. The Morgan fingerprint density at radius 1 is 1.03 bits per heavy atom. The summed E-state index contributed by atoms with van der Waals surface area (Å²) in [5.41, 5.74) is -0.604. The van der Waals surface area contributed by atoms with Gasteiger partial charge in [0, 0.05) is 20.9 Å². The molecular weight excluding hydrogens is 517 g/mol. The number of aromatic nitrogens is 3. The molecule has 0 saturated carbocycles. The Morgan fingerprint density at radius 3 is 2.51 bits per heavy atom. The van der Waals surface area contributed by atoms with Crippen molar-refractivity contribution in [2.75, 3.05) is 5.32 Å². The van der Waals surface area contributed by atoms with Crippen LogP contribution in [0, 0.1) is 0 Å². The number of para-hydroxylation sites is 1. The molecular formula is C24H14ClF3N4OS2. The number of carbonyl (C=O) groups is 1. The Balaban J connectivity index is 1.48. The minimum Gasteiger partial charge on any atom is -0.320 e. The number of nitrogens with zero attached hydrogens (tertiary/aromatic N) is 3. The molecule has 0 saturated heterocycles. The highest BCUT2D eigenvalue weighted by atomic mass is 35.5. The second-order valence-corrected chi connectivity index (χ2v) is 9.81. The van der Waals surface area contributed by atoms with Crippen molar-refractivity contribution in [2.45, 2.75) is 16.0 Å². The standard InChI is InChI=1S/C24H14ClF3N4OS2/c25-14-7-9-15(10-8-14)35-20-5-2-1-4-16(20)30-23(33)18-13-22-29-17(19-6-3-11-34-19)12-21(24(26,27)28)32(22)31-18/h1-13H,(H,30,33). The lowest BCUT2D eigenvalue weighted by molar-refractivity contribution is -0.142. The predicted molar refractivity (Wildman–Crippen MR) is 131 cm³/mol. The first kappa shape index (κ1) is 23.4. The molecule has 3 heterocycles. The van der Waals surface area contributed by atoms with Crippen molar-refractivity contribution in [1.29, 1.82) is 0 Å². The van der Waals surface area contributed by atoms with E-state index < -0.39 is 17.8 Å². The molecule has 2 aromatic carbocycles. The van der Waals surface area contributed by atoms with E-state index in [2.05, 4.69) is 15.4 Å². The molecule has 1 N–H and O–H groups in total. The summed E-state index contributed by atoms with van der Waals surface area (Å²) in [6.45, 7) is 0. The highest BCUT2D eigenvalue weighted by molar-refractivity contribution is 7.99. The number of thiophene rings is 1. The van der Waals surface area contributed by atoms with Crippen LogP contribution in [0.25, 0.3) is 16.2 Å². The van der Waals surface area contributed by atoms with Crippen LogP contribution in [0.1, 0.15) is 16.2 Å². The summed E-state index contributed by atoms with van der Waals surface area (Å²) in [4.78, 5) is 19.5. The molecule has 5 aromatic rings. The van der Waals surface area contributed by atoms with E-state index in [1.165, 1.54) is 29.2 Å². The number of alkyl halides is 3. The van der Waals surface area contributed by atoms with Gasteiger partial charge in [-0.25, -0.2) is 9.50 Å². The van der Waals surface area contributed by atoms with E-state index in [1.807, 2.05) is 24.3 Å². The number of hydrogen-bond acceptors (Lipinski definition) is 5. The molecule has 0 unspecified atom stereocenters. The van der Waals surface area contributed by atoms with Crippen molar-refractivity contribution in [1.82, 2.24) is 14.6 Å². The van der Waals surface area contributed by atoms with Crippen LogP contribution >= 0.6 is 34.7 Å². The zero-order valence-electron chi connectivity index (χ0n) is 17.6. The summed E-state index contributed by atoms with van der Waals surface area (Å²) in [7, 11) is 0. The molecule has 3 aromatic heterocycles. The van der Waals surface area contributed by atoms with Crippen LogP contribution in [0.2, 0.25) is 5.02 Å². The molecule has 0 radical (unpaired) electrons. The van der Waals surface area contributed by atoms with Gasteiger partial charge in [0.2, 0.25) is 0 Å². The topological polar surface area (TPSA) is 59.3 Å². The van der Waals surface area contributed by atoms with E-state index in [4.69, 9.17) is 11.6 Å². The summed E-state index contributed by atoms with van der Waals surface area (Å²) in [5.74, 6) is -0.648. The van der Waals surface area contributed by atoms with E-state index in [0.29, 0.717) is 20.1 Å². The molecule has 1 amide bonds. The van der Waals surface area contributed by atoms with Gasteiger partial charge >= 0.3 is 6.18 Å². The van der Waals surface area contributed by atoms with Gasteiger partial charge in [-0.2, -0.15) is 18.3 Å². The smallest absolute Gasteiger partial charge is 0.320 e. The summed E-state index contributed by atoms with van der Waals surface area (Å²) < 4.78 is 42.0. The number of benzene rings is 2. The molecule has 5 nitrogen and oxygen atoms in total. The Labute approximate surface area is 210 Å². The molecule has 0 aliphatic rings. The van der Waals surface area contributed by atoms with Crippen LogP contribution in [0.4, 0.5) is 18.9 Å². The number of hydrogen-bond donors (Lipinski definition) is 1. The maximum Gasteiger partial charge on any atom is 0.433 e. The predicted octanol–water partition coefficient (Wildman–Crippen LogP) is 7.53. The molecule has 35 heavy (non-hydrogen) atoms. The van der Waals surface area contributed by atoms with Crippen molar-refractivity contribution >= 4 is 51.9 Å². The largest absolute Gasteiger partial charge is 0.433 e. The van der Waals surface area contributed by atoms with Crippen LogP contribution in [0.3, 0.4) is 0 Å². The van der Waals surface area contributed by atoms with Gasteiger partial charge in [0.15, 0.2) is 17.0 Å². The average molecular weight is 531 g/mol. The Hall–Kier alpha value is -3.34. The molecule has 0 aliphatic heterocycles. The Morgan fingerprint density at radius 2 is 1.80 bits per heavy atom. The third-order valence-electron chi connectivity index (χ3n) is 4.90. The number of nitrogens with one attached hydrogen (secondary N) is 1. The van der Waals surface area contributed by atoms with Gasteiger partial charge < -0.3 is 5.32 Å². The van der Waals surface area contributed by atoms with Gasteiger partial charge in [-0.05, 0) is 53.9 Å². The van der Waals surface area contributed by atoms with Crippen LogP contribution < -0.4 is 5.32 Å². The normalized spacial score (nSPS) is 11.7. The quantitative estimate of drug-likeness (QED) is 0.255. The lowest BCUT2D eigenvalue weighted by Gasteiger charge is -2.10. The number of amides is 1. The summed E-state index contributed by atoms with van der Waals surface area (Å²) >= 11 is 8.63. The van der Waals surface area contributed by atoms with Crippen LogP contribution in [0.15, 0.2) is 88.0 Å². The van der Waals surface area contributed by atoms with Crippen LogP contribution in [-0.2, 0) is 6.18 Å². The van der Waals surface area contributed by atoms with Gasteiger partial charge in [0.1, 0.15) is 0 Å². The second kappa shape index (κ2) is 9.37. The highest BCUT2D eigenvalue weighted by Gasteiger charge is 2.35. The Kier molecular flexibility index (Phi) is 6.26. The molecule has 0 bridgehead atoms. The summed E-state index contributed by atoms with van der Waals surface area (Å²) in [6, 6.07) is 19.9. The van der Waals surface area contributed by atoms with E-state index in [0.717, 1.165) is 15.9 Å². The van der Waals surface area contributed by atoms with Crippen LogP contribution in [0.5, 0.6) is 0 Å². The Bertz CT molecular complexity index is 1520. The molecule has 0 fully saturated rings. The number of fused-ring (bicyclic) bond motifs is 1. The fourth-order valence-electron chi connectivity index (χ4n) is 3.31. The van der Waals surface area contributed by atoms with E-state index in [9.17, 15) is 18.0 Å². The van der Waals surface area contributed by atoms with Gasteiger partial charge in [0.05, 0.1) is 16.3 Å². The van der Waals surface area contributed by atoms with E-state index >= 15 is 0 Å².